The summed E-state index contributed by atoms with van der Waals surface area (Å²) in [7, 11) is 1.60. The van der Waals surface area contributed by atoms with Gasteiger partial charge in [-0.25, -0.2) is 0 Å². The maximum Gasteiger partial charge on any atom is 0.221 e. The van der Waals surface area contributed by atoms with Gasteiger partial charge in [0.1, 0.15) is 0 Å². The Bertz CT molecular complexity index is 310. The van der Waals surface area contributed by atoms with Gasteiger partial charge in [0.25, 0.3) is 0 Å². The van der Waals surface area contributed by atoms with Crippen molar-refractivity contribution in [3.63, 3.8) is 0 Å². The van der Waals surface area contributed by atoms with Crippen LogP contribution in [0.15, 0.2) is 30.3 Å². The molecule has 0 atom stereocenters. The normalized spacial score (nSPS) is 8.20. The van der Waals surface area contributed by atoms with Crippen LogP contribution < -0.4 is 10.6 Å². The molecule has 0 aliphatic carbocycles. The number of anilines is 1. The third kappa shape index (κ3) is 8.49. The molecule has 1 aromatic rings. The number of para-hydroxylation sites is 1. The summed E-state index contributed by atoms with van der Waals surface area (Å²) >= 11 is 0. The van der Waals surface area contributed by atoms with Crippen molar-refractivity contribution in [1.82, 2.24) is 5.32 Å². The third-order valence-corrected chi connectivity index (χ3v) is 1.45. The Kier molecular flexibility index (Phi) is 6.63. The highest BCUT2D eigenvalue weighted by molar-refractivity contribution is 5.88. The Balaban J connectivity index is 0.000000336. The Labute approximate surface area is 89.7 Å². The number of carbonyl (C=O) groups is 2. The molecule has 2 N–H and O–H groups in total. The Morgan fingerprint density at radius 1 is 1.00 bits per heavy atom. The lowest BCUT2D eigenvalue weighted by Gasteiger charge is -1.98. The van der Waals surface area contributed by atoms with Crippen molar-refractivity contribution in [1.29, 1.82) is 0 Å². The predicted octanol–water partition coefficient (Wildman–Crippen LogP) is 1.40. The van der Waals surface area contributed by atoms with Gasteiger partial charge in [-0.05, 0) is 12.1 Å². The highest BCUT2D eigenvalue weighted by atomic mass is 16.1. The van der Waals surface area contributed by atoms with Gasteiger partial charge in [0.05, 0.1) is 0 Å². The zero-order valence-electron chi connectivity index (χ0n) is 9.20. The SMILES string of the molecule is CC(=O)Nc1ccccc1.CNC(C)=O. The fourth-order valence-electron chi connectivity index (χ4n) is 0.725. The summed E-state index contributed by atoms with van der Waals surface area (Å²) in [6.07, 6.45) is 0. The van der Waals surface area contributed by atoms with E-state index < -0.39 is 0 Å². The van der Waals surface area contributed by atoms with E-state index in [1.807, 2.05) is 30.3 Å². The van der Waals surface area contributed by atoms with Crippen molar-refractivity contribution in [2.45, 2.75) is 13.8 Å². The molecule has 15 heavy (non-hydrogen) atoms. The van der Waals surface area contributed by atoms with Gasteiger partial charge >= 0.3 is 0 Å². The molecule has 0 aliphatic rings. The lowest BCUT2D eigenvalue weighted by Crippen LogP contribution is -2.11. The molecule has 0 heterocycles. The summed E-state index contributed by atoms with van der Waals surface area (Å²) in [6, 6.07) is 9.37. The van der Waals surface area contributed by atoms with E-state index in [-0.39, 0.29) is 11.8 Å². The molecular formula is C11H16N2O2. The van der Waals surface area contributed by atoms with Gasteiger partial charge in [-0.3, -0.25) is 9.59 Å². The molecule has 0 unspecified atom stereocenters. The van der Waals surface area contributed by atoms with Crippen LogP contribution in [0.25, 0.3) is 0 Å². The minimum atomic E-state index is -0.0359. The van der Waals surface area contributed by atoms with E-state index in [0.717, 1.165) is 5.69 Å². The standard InChI is InChI=1S/C8H9NO.C3H7NO/c1-7(10)9-8-5-3-2-4-6-8;1-3(5)4-2/h2-6H,1H3,(H,9,10);1-2H3,(H,4,5). The van der Waals surface area contributed by atoms with Crippen molar-refractivity contribution in [3.8, 4) is 0 Å². The van der Waals surface area contributed by atoms with Gasteiger partial charge in [-0.1, -0.05) is 18.2 Å². The second-order valence-corrected chi connectivity index (χ2v) is 2.85. The second kappa shape index (κ2) is 7.55. The highest BCUT2D eigenvalue weighted by Gasteiger charge is 1.90. The quantitative estimate of drug-likeness (QED) is 0.732. The molecule has 82 valence electrons. The topological polar surface area (TPSA) is 58.2 Å². The summed E-state index contributed by atoms with van der Waals surface area (Å²) in [5.74, 6) is -0.0313. The molecule has 1 rings (SSSR count). The molecule has 0 aromatic heterocycles. The summed E-state index contributed by atoms with van der Waals surface area (Å²) in [5.41, 5.74) is 0.843. The number of hydrogen-bond donors (Lipinski definition) is 2. The molecule has 0 radical (unpaired) electrons. The maximum atomic E-state index is 10.5. The monoisotopic (exact) mass is 208 g/mol. The molecule has 0 saturated carbocycles. The molecule has 4 heteroatoms. The largest absolute Gasteiger partial charge is 0.359 e. The molecule has 0 saturated heterocycles. The van der Waals surface area contributed by atoms with Crippen LogP contribution in [0, 0.1) is 0 Å². The molecular weight excluding hydrogens is 192 g/mol. The molecule has 0 spiro atoms. The van der Waals surface area contributed by atoms with Crippen LogP contribution in [-0.2, 0) is 9.59 Å². The summed E-state index contributed by atoms with van der Waals surface area (Å²) in [5, 5.41) is 5.05. The van der Waals surface area contributed by atoms with Crippen molar-refractivity contribution in [2.24, 2.45) is 0 Å². The number of rotatable bonds is 1. The van der Waals surface area contributed by atoms with Gasteiger partial charge in [-0.15, -0.1) is 0 Å². The van der Waals surface area contributed by atoms with Gasteiger partial charge in [0.15, 0.2) is 0 Å². The van der Waals surface area contributed by atoms with Crippen LogP contribution in [0.3, 0.4) is 0 Å². The lowest BCUT2D eigenvalue weighted by molar-refractivity contribution is -0.118. The maximum absolute atomic E-state index is 10.5. The van der Waals surface area contributed by atoms with Crippen LogP contribution in [0.4, 0.5) is 5.69 Å². The zero-order chi connectivity index (χ0) is 11.7. The summed E-state index contributed by atoms with van der Waals surface area (Å²) in [4.78, 5) is 20.2. The third-order valence-electron chi connectivity index (χ3n) is 1.45. The smallest absolute Gasteiger partial charge is 0.221 e. The van der Waals surface area contributed by atoms with Gasteiger partial charge < -0.3 is 10.6 Å². The van der Waals surface area contributed by atoms with Gasteiger partial charge in [-0.2, -0.15) is 0 Å². The number of amides is 2. The van der Waals surface area contributed by atoms with Crippen LogP contribution in [-0.4, -0.2) is 18.9 Å². The number of carbonyl (C=O) groups excluding carboxylic acids is 2. The predicted molar refractivity (Wildman–Crippen MR) is 60.5 cm³/mol. The Morgan fingerprint density at radius 3 is 1.80 bits per heavy atom. The van der Waals surface area contributed by atoms with E-state index in [4.69, 9.17) is 0 Å². The van der Waals surface area contributed by atoms with Crippen LogP contribution >= 0.6 is 0 Å². The lowest BCUT2D eigenvalue weighted by atomic mass is 10.3. The summed E-state index contributed by atoms with van der Waals surface area (Å²) in [6.45, 7) is 2.97. The van der Waals surface area contributed by atoms with E-state index in [9.17, 15) is 9.59 Å². The molecule has 2 amide bonds. The Morgan fingerprint density at radius 2 is 1.47 bits per heavy atom. The average Bonchev–Trinajstić information content (AvgIpc) is 2.19. The molecule has 0 bridgehead atoms. The van der Waals surface area contributed by atoms with Crippen LogP contribution in [0.2, 0.25) is 0 Å². The number of hydrogen-bond acceptors (Lipinski definition) is 2. The first-order valence-corrected chi connectivity index (χ1v) is 4.57. The van der Waals surface area contributed by atoms with Crippen LogP contribution in [0.5, 0.6) is 0 Å². The van der Waals surface area contributed by atoms with Crippen molar-refractivity contribution in [3.05, 3.63) is 30.3 Å². The van der Waals surface area contributed by atoms with E-state index in [2.05, 4.69) is 10.6 Å². The number of nitrogens with one attached hydrogen (secondary N) is 2. The fraction of sp³-hybridized carbons (Fsp3) is 0.273. The van der Waals surface area contributed by atoms with Crippen molar-refractivity contribution >= 4 is 17.5 Å². The van der Waals surface area contributed by atoms with E-state index in [0.29, 0.717) is 0 Å². The fourth-order valence-corrected chi connectivity index (χ4v) is 0.725. The van der Waals surface area contributed by atoms with Crippen molar-refractivity contribution in [2.75, 3.05) is 12.4 Å². The van der Waals surface area contributed by atoms with Gasteiger partial charge in [0, 0.05) is 26.6 Å². The Hall–Kier alpha value is -1.84. The van der Waals surface area contributed by atoms with Gasteiger partial charge in [0.2, 0.25) is 11.8 Å². The first-order valence-electron chi connectivity index (χ1n) is 4.57. The molecule has 4 nitrogen and oxygen atoms in total. The first kappa shape index (κ1) is 13.2. The van der Waals surface area contributed by atoms with E-state index >= 15 is 0 Å². The first-order chi connectivity index (χ1) is 7.06. The van der Waals surface area contributed by atoms with E-state index in [1.54, 1.807) is 7.05 Å². The van der Waals surface area contributed by atoms with Crippen molar-refractivity contribution < 1.29 is 9.59 Å². The zero-order valence-corrected chi connectivity index (χ0v) is 9.20. The minimum absolute atomic E-state index is 0.00463. The van der Waals surface area contributed by atoms with E-state index in [1.165, 1.54) is 13.8 Å². The molecule has 1 aromatic carbocycles. The highest BCUT2D eigenvalue weighted by Crippen LogP contribution is 2.03. The minimum Gasteiger partial charge on any atom is -0.359 e. The summed E-state index contributed by atoms with van der Waals surface area (Å²) < 4.78 is 0. The second-order valence-electron chi connectivity index (χ2n) is 2.85. The van der Waals surface area contributed by atoms with Crippen LogP contribution in [0.1, 0.15) is 13.8 Å². The number of benzene rings is 1. The average molecular weight is 208 g/mol. The molecule has 0 aliphatic heterocycles. The molecule has 0 fully saturated rings.